The number of aromatic hydroxyl groups is 1. The number of phenolic OH excluding ortho intramolecular Hbond substituents is 1. The summed E-state index contributed by atoms with van der Waals surface area (Å²) in [5.41, 5.74) is 0.591. The van der Waals surface area contributed by atoms with E-state index in [0.717, 1.165) is 0 Å². The molecule has 0 spiro atoms. The minimum absolute atomic E-state index is 0.00518. The fraction of sp³-hybridized carbons (Fsp3) is 0.286. The first-order chi connectivity index (χ1) is 9.47. The van der Waals surface area contributed by atoms with E-state index in [2.05, 4.69) is 0 Å². The van der Waals surface area contributed by atoms with Crippen LogP contribution in [-0.2, 0) is 9.59 Å². The molecule has 0 radical (unpaired) electrons. The lowest BCUT2D eigenvalue weighted by Gasteiger charge is -2.25. The van der Waals surface area contributed by atoms with Gasteiger partial charge in [0.1, 0.15) is 5.75 Å². The Balaban J connectivity index is 2.51. The fourth-order valence-electron chi connectivity index (χ4n) is 2.35. The van der Waals surface area contributed by atoms with Crippen molar-refractivity contribution in [2.24, 2.45) is 0 Å². The number of rotatable bonds is 4. The number of phenols is 1. The van der Waals surface area contributed by atoms with Crippen molar-refractivity contribution in [1.82, 2.24) is 4.90 Å². The van der Waals surface area contributed by atoms with Crippen molar-refractivity contribution in [3.63, 3.8) is 0 Å². The van der Waals surface area contributed by atoms with Crippen LogP contribution in [0.3, 0.4) is 0 Å². The van der Waals surface area contributed by atoms with Crippen molar-refractivity contribution in [3.8, 4) is 5.75 Å². The Bertz CT molecular complexity index is 576. The Morgan fingerprint density at radius 2 is 1.85 bits per heavy atom. The van der Waals surface area contributed by atoms with Gasteiger partial charge in [0.05, 0.1) is 18.2 Å². The smallest absolute Gasteiger partial charge is 0.290 e. The highest BCUT2D eigenvalue weighted by Gasteiger charge is 2.41. The molecule has 1 aliphatic heterocycles. The van der Waals surface area contributed by atoms with E-state index in [-0.39, 0.29) is 24.5 Å². The van der Waals surface area contributed by atoms with Crippen LogP contribution in [-0.4, -0.2) is 45.1 Å². The van der Waals surface area contributed by atoms with Crippen molar-refractivity contribution < 1.29 is 24.9 Å². The van der Waals surface area contributed by atoms with Crippen molar-refractivity contribution in [1.29, 1.82) is 0 Å². The average Bonchev–Trinajstić information content (AvgIpc) is 2.65. The maximum atomic E-state index is 12.0. The van der Waals surface area contributed by atoms with Crippen LogP contribution in [0.15, 0.2) is 35.6 Å². The maximum Gasteiger partial charge on any atom is 0.290 e. The molecule has 6 nitrogen and oxygen atoms in total. The SMILES string of the molecule is CC(=O)C1=C(O)C(=O)N(CCO)[C@H]1c1ccc(O)cc1. The van der Waals surface area contributed by atoms with E-state index in [9.17, 15) is 19.8 Å². The quantitative estimate of drug-likeness (QED) is 0.751. The molecule has 6 heteroatoms. The summed E-state index contributed by atoms with van der Waals surface area (Å²) in [6.07, 6.45) is 0. The van der Waals surface area contributed by atoms with Crippen molar-refractivity contribution in [3.05, 3.63) is 41.2 Å². The summed E-state index contributed by atoms with van der Waals surface area (Å²) in [7, 11) is 0. The Morgan fingerprint density at radius 1 is 1.25 bits per heavy atom. The van der Waals surface area contributed by atoms with Gasteiger partial charge in [0.2, 0.25) is 0 Å². The molecular weight excluding hydrogens is 262 g/mol. The predicted molar refractivity (Wildman–Crippen MR) is 70.0 cm³/mol. The molecule has 2 rings (SSSR count). The number of nitrogens with zero attached hydrogens (tertiary/aromatic N) is 1. The minimum atomic E-state index is -0.743. The van der Waals surface area contributed by atoms with Crippen molar-refractivity contribution in [2.75, 3.05) is 13.2 Å². The topological polar surface area (TPSA) is 98.1 Å². The standard InChI is InChI=1S/C14H15NO5/c1-8(17)11-12(9-2-4-10(18)5-3-9)15(6-7-16)14(20)13(11)19/h2-5,12,16,18-19H,6-7H2,1H3/t12-/m0/s1. The summed E-state index contributed by atoms with van der Waals surface area (Å²) in [4.78, 5) is 24.9. The maximum absolute atomic E-state index is 12.0. The van der Waals surface area contributed by atoms with Gasteiger partial charge >= 0.3 is 0 Å². The van der Waals surface area contributed by atoms with Gasteiger partial charge in [0.15, 0.2) is 11.5 Å². The number of carbonyl (C=O) groups excluding carboxylic acids is 2. The van der Waals surface area contributed by atoms with Crippen molar-refractivity contribution in [2.45, 2.75) is 13.0 Å². The predicted octanol–water partition coefficient (Wildman–Crippen LogP) is 0.669. The number of Topliss-reactive ketones (excluding diaryl/α,β-unsaturated/α-hetero) is 1. The van der Waals surface area contributed by atoms with E-state index in [4.69, 9.17) is 5.11 Å². The Morgan fingerprint density at radius 3 is 2.35 bits per heavy atom. The van der Waals surface area contributed by atoms with Gasteiger partial charge < -0.3 is 20.2 Å². The number of carbonyl (C=O) groups is 2. The van der Waals surface area contributed by atoms with Gasteiger partial charge in [-0.15, -0.1) is 0 Å². The molecule has 1 amide bonds. The number of benzene rings is 1. The Kier molecular flexibility index (Phi) is 3.76. The van der Waals surface area contributed by atoms with Gasteiger partial charge in [0, 0.05) is 6.54 Å². The lowest BCUT2D eigenvalue weighted by Crippen LogP contribution is -2.33. The molecule has 0 saturated carbocycles. The average molecular weight is 277 g/mol. The van der Waals surface area contributed by atoms with Crippen LogP contribution in [0.5, 0.6) is 5.75 Å². The first-order valence-corrected chi connectivity index (χ1v) is 6.12. The Labute approximate surface area is 115 Å². The highest BCUT2D eigenvalue weighted by molar-refractivity contribution is 6.08. The molecule has 1 aliphatic rings. The zero-order valence-electron chi connectivity index (χ0n) is 10.9. The van der Waals surface area contributed by atoms with Crippen LogP contribution in [0.25, 0.3) is 0 Å². The molecule has 0 aliphatic carbocycles. The normalized spacial score (nSPS) is 18.8. The van der Waals surface area contributed by atoms with E-state index in [1.54, 1.807) is 12.1 Å². The second-order valence-electron chi connectivity index (χ2n) is 4.53. The van der Waals surface area contributed by atoms with Gasteiger partial charge in [-0.2, -0.15) is 0 Å². The molecule has 0 aromatic heterocycles. The van der Waals surface area contributed by atoms with Crippen LogP contribution in [0.2, 0.25) is 0 Å². The number of aliphatic hydroxyl groups excluding tert-OH is 2. The van der Waals surface area contributed by atoms with Crippen LogP contribution in [0.1, 0.15) is 18.5 Å². The Hall–Kier alpha value is -2.34. The molecule has 1 heterocycles. The number of aliphatic hydroxyl groups is 2. The zero-order valence-corrected chi connectivity index (χ0v) is 10.9. The van der Waals surface area contributed by atoms with E-state index in [0.29, 0.717) is 5.56 Å². The fourth-order valence-corrected chi connectivity index (χ4v) is 2.35. The van der Waals surface area contributed by atoms with Crippen LogP contribution < -0.4 is 0 Å². The van der Waals surface area contributed by atoms with Gasteiger partial charge in [-0.3, -0.25) is 9.59 Å². The third kappa shape index (κ3) is 2.25. The molecule has 0 bridgehead atoms. The highest BCUT2D eigenvalue weighted by Crippen LogP contribution is 2.37. The molecule has 20 heavy (non-hydrogen) atoms. The number of amides is 1. The highest BCUT2D eigenvalue weighted by atomic mass is 16.3. The number of hydrogen-bond acceptors (Lipinski definition) is 5. The van der Waals surface area contributed by atoms with Gasteiger partial charge in [-0.05, 0) is 24.6 Å². The summed E-state index contributed by atoms with van der Waals surface area (Å²) in [6.45, 7) is 0.999. The van der Waals surface area contributed by atoms with Crippen LogP contribution in [0.4, 0.5) is 0 Å². The van der Waals surface area contributed by atoms with E-state index < -0.39 is 23.5 Å². The lowest BCUT2D eigenvalue weighted by molar-refractivity contribution is -0.129. The van der Waals surface area contributed by atoms with E-state index >= 15 is 0 Å². The molecule has 0 unspecified atom stereocenters. The third-order valence-corrected chi connectivity index (χ3v) is 3.23. The molecule has 1 aromatic carbocycles. The largest absolute Gasteiger partial charge is 0.508 e. The van der Waals surface area contributed by atoms with Crippen molar-refractivity contribution >= 4 is 11.7 Å². The summed E-state index contributed by atoms with van der Waals surface area (Å²) < 4.78 is 0. The second kappa shape index (κ2) is 5.34. The molecule has 0 saturated heterocycles. The lowest BCUT2D eigenvalue weighted by atomic mass is 9.97. The molecule has 1 aromatic rings. The number of β-amino-alcohol motifs (C(OH)–C–C–N with tert-alkyl or cyclic N) is 1. The summed E-state index contributed by atoms with van der Waals surface area (Å²) in [5.74, 6) is -1.61. The first kappa shape index (κ1) is 14.1. The minimum Gasteiger partial charge on any atom is -0.508 e. The van der Waals surface area contributed by atoms with Crippen LogP contribution >= 0.6 is 0 Å². The molecule has 1 atom stereocenters. The van der Waals surface area contributed by atoms with E-state index in [1.165, 1.54) is 24.0 Å². The van der Waals surface area contributed by atoms with E-state index in [1.807, 2.05) is 0 Å². The molecular formula is C14H15NO5. The second-order valence-corrected chi connectivity index (χ2v) is 4.53. The molecule has 0 fully saturated rings. The number of ketones is 1. The summed E-state index contributed by atoms with van der Waals surface area (Å²) in [6, 6.07) is 5.26. The first-order valence-electron chi connectivity index (χ1n) is 6.12. The third-order valence-electron chi connectivity index (χ3n) is 3.23. The number of hydrogen-bond donors (Lipinski definition) is 3. The van der Waals surface area contributed by atoms with Crippen LogP contribution in [0, 0.1) is 0 Å². The zero-order chi connectivity index (χ0) is 14.9. The van der Waals surface area contributed by atoms with Gasteiger partial charge in [-0.1, -0.05) is 12.1 Å². The summed E-state index contributed by atoms with van der Waals surface area (Å²) >= 11 is 0. The van der Waals surface area contributed by atoms with Gasteiger partial charge in [0.25, 0.3) is 5.91 Å². The monoisotopic (exact) mass is 277 g/mol. The molecule has 3 N–H and O–H groups in total. The summed E-state index contributed by atoms with van der Waals surface area (Å²) in [5, 5.41) is 28.2. The molecule has 106 valence electrons. The van der Waals surface area contributed by atoms with Gasteiger partial charge in [-0.25, -0.2) is 0 Å².